The lowest BCUT2D eigenvalue weighted by molar-refractivity contribution is -0.124. The Labute approximate surface area is 87.4 Å². The molecule has 0 radical (unpaired) electrons. The number of thioether (sulfide) groups is 1. The zero-order valence-electron chi connectivity index (χ0n) is 7.99. The number of imide groups is 1. The number of nitrogens with one attached hydrogen (secondary N) is 1. The second-order valence-corrected chi connectivity index (χ2v) is 4.63. The fraction of sp³-hybridized carbons (Fsp3) is 0.778. The molecular weight excluding hydrogens is 200 g/mol. The van der Waals surface area contributed by atoms with Crippen molar-refractivity contribution in [1.29, 1.82) is 0 Å². The van der Waals surface area contributed by atoms with Crippen molar-refractivity contribution in [2.24, 2.45) is 0 Å². The Hall–Kier alpha value is -0.550. The molecule has 4 nitrogen and oxygen atoms in total. The highest BCUT2D eigenvalue weighted by Crippen LogP contribution is 2.20. The predicted molar refractivity (Wildman–Crippen MR) is 55.2 cm³/mol. The van der Waals surface area contributed by atoms with E-state index < -0.39 is 0 Å². The summed E-state index contributed by atoms with van der Waals surface area (Å²) in [4.78, 5) is 24.0. The van der Waals surface area contributed by atoms with E-state index in [1.165, 1.54) is 17.7 Å². The van der Waals surface area contributed by atoms with Gasteiger partial charge in [-0.3, -0.25) is 14.5 Å². The van der Waals surface area contributed by atoms with Gasteiger partial charge in [-0.05, 0) is 19.4 Å². The quantitative estimate of drug-likeness (QED) is 0.739. The maximum absolute atomic E-state index is 11.3. The number of nitrogens with zero attached hydrogens (tertiary/aromatic N) is 1. The summed E-state index contributed by atoms with van der Waals surface area (Å²) in [5.74, 6) is 0.290. The van der Waals surface area contributed by atoms with Gasteiger partial charge in [0.05, 0.1) is 5.75 Å². The third kappa shape index (κ3) is 2.09. The highest BCUT2D eigenvalue weighted by Gasteiger charge is 2.31. The van der Waals surface area contributed by atoms with Gasteiger partial charge in [0.1, 0.15) is 0 Å². The monoisotopic (exact) mass is 214 g/mol. The van der Waals surface area contributed by atoms with E-state index >= 15 is 0 Å². The molecule has 2 saturated heterocycles. The lowest BCUT2D eigenvalue weighted by Crippen LogP contribution is -2.45. The molecule has 2 fully saturated rings. The molecule has 2 aliphatic rings. The van der Waals surface area contributed by atoms with Gasteiger partial charge in [-0.1, -0.05) is 18.2 Å². The number of amides is 2. The number of hydrogen-bond acceptors (Lipinski definition) is 4. The van der Waals surface area contributed by atoms with Gasteiger partial charge in [-0.2, -0.15) is 0 Å². The van der Waals surface area contributed by atoms with Gasteiger partial charge in [0.2, 0.25) is 5.91 Å². The van der Waals surface area contributed by atoms with E-state index in [1.54, 1.807) is 0 Å². The van der Waals surface area contributed by atoms with Crippen LogP contribution < -0.4 is 5.32 Å². The van der Waals surface area contributed by atoms with Crippen molar-refractivity contribution >= 4 is 22.9 Å². The molecule has 0 bridgehead atoms. The molecule has 1 atom stereocenters. The second-order valence-electron chi connectivity index (χ2n) is 3.71. The third-order valence-electron chi connectivity index (χ3n) is 2.66. The molecule has 0 aliphatic carbocycles. The van der Waals surface area contributed by atoms with Crippen LogP contribution in [0.3, 0.4) is 0 Å². The van der Waals surface area contributed by atoms with Crippen molar-refractivity contribution in [3.63, 3.8) is 0 Å². The first-order valence-corrected chi connectivity index (χ1v) is 5.96. The zero-order valence-corrected chi connectivity index (χ0v) is 8.81. The van der Waals surface area contributed by atoms with Gasteiger partial charge >= 0.3 is 0 Å². The van der Waals surface area contributed by atoms with E-state index in [9.17, 15) is 9.59 Å². The largest absolute Gasteiger partial charge is 0.312 e. The zero-order chi connectivity index (χ0) is 9.97. The third-order valence-corrected chi connectivity index (χ3v) is 3.51. The normalized spacial score (nSPS) is 28.6. The van der Waals surface area contributed by atoms with Gasteiger partial charge in [0.15, 0.2) is 0 Å². The summed E-state index contributed by atoms with van der Waals surface area (Å²) in [5.41, 5.74) is 0. The average molecular weight is 214 g/mol. The van der Waals surface area contributed by atoms with Crippen LogP contribution in [-0.2, 0) is 4.79 Å². The van der Waals surface area contributed by atoms with Crippen LogP contribution >= 0.6 is 11.8 Å². The average Bonchev–Trinajstić information content (AvgIpc) is 2.51. The van der Waals surface area contributed by atoms with E-state index in [0.29, 0.717) is 18.3 Å². The fourth-order valence-electron chi connectivity index (χ4n) is 1.86. The van der Waals surface area contributed by atoms with Crippen LogP contribution in [0.1, 0.15) is 19.3 Å². The molecule has 2 rings (SSSR count). The summed E-state index contributed by atoms with van der Waals surface area (Å²) in [7, 11) is 0. The van der Waals surface area contributed by atoms with E-state index in [-0.39, 0.29) is 11.1 Å². The van der Waals surface area contributed by atoms with Gasteiger partial charge in [-0.25, -0.2) is 0 Å². The minimum absolute atomic E-state index is 0.0348. The van der Waals surface area contributed by atoms with Gasteiger partial charge in [-0.15, -0.1) is 0 Å². The predicted octanol–water partition coefficient (Wildman–Crippen LogP) is 0.824. The minimum atomic E-state index is -0.0811. The smallest absolute Gasteiger partial charge is 0.288 e. The minimum Gasteiger partial charge on any atom is -0.312 e. The maximum atomic E-state index is 11.3. The molecule has 0 unspecified atom stereocenters. The number of carbonyl (C=O) groups is 2. The highest BCUT2D eigenvalue weighted by molar-refractivity contribution is 8.14. The van der Waals surface area contributed by atoms with Crippen LogP contribution in [0, 0.1) is 0 Å². The van der Waals surface area contributed by atoms with Gasteiger partial charge in [0.25, 0.3) is 5.24 Å². The summed E-state index contributed by atoms with van der Waals surface area (Å²) in [6.07, 6.45) is 3.47. The van der Waals surface area contributed by atoms with Crippen molar-refractivity contribution in [3.8, 4) is 0 Å². The Morgan fingerprint density at radius 3 is 2.86 bits per heavy atom. The standard InChI is InChI=1S/C9H14N2O2S/c12-8-6-14-9(13)11(8)5-7-3-1-2-4-10-7/h7,10H,1-6H2/t7-/m1/s1. The molecule has 2 heterocycles. The molecule has 2 aliphatic heterocycles. The molecule has 14 heavy (non-hydrogen) atoms. The molecule has 5 heteroatoms. The Morgan fingerprint density at radius 1 is 1.43 bits per heavy atom. The Bertz CT molecular complexity index is 235. The molecular formula is C9H14N2O2S. The molecule has 0 aromatic rings. The molecule has 0 aromatic carbocycles. The summed E-state index contributed by atoms with van der Waals surface area (Å²) in [6, 6.07) is 0.315. The highest BCUT2D eigenvalue weighted by atomic mass is 32.2. The second kappa shape index (κ2) is 4.31. The molecule has 1 N–H and O–H groups in total. The van der Waals surface area contributed by atoms with Crippen molar-refractivity contribution in [2.45, 2.75) is 25.3 Å². The van der Waals surface area contributed by atoms with E-state index in [4.69, 9.17) is 0 Å². The first-order valence-electron chi connectivity index (χ1n) is 4.98. The van der Waals surface area contributed by atoms with Crippen molar-refractivity contribution in [3.05, 3.63) is 0 Å². The van der Waals surface area contributed by atoms with Crippen molar-refractivity contribution < 1.29 is 9.59 Å². The Balaban J connectivity index is 1.89. The van der Waals surface area contributed by atoms with Gasteiger partial charge in [0, 0.05) is 12.6 Å². The van der Waals surface area contributed by atoms with E-state index in [1.807, 2.05) is 0 Å². The van der Waals surface area contributed by atoms with Crippen LogP contribution in [0.15, 0.2) is 0 Å². The number of rotatable bonds is 2. The Morgan fingerprint density at radius 2 is 2.29 bits per heavy atom. The van der Waals surface area contributed by atoms with E-state index in [0.717, 1.165) is 24.7 Å². The van der Waals surface area contributed by atoms with Crippen LogP contribution in [0.25, 0.3) is 0 Å². The van der Waals surface area contributed by atoms with E-state index in [2.05, 4.69) is 5.32 Å². The Kier molecular flexibility index (Phi) is 3.08. The number of carbonyl (C=O) groups excluding carboxylic acids is 2. The summed E-state index contributed by atoms with van der Waals surface area (Å²) in [5, 5.41) is 3.25. The first-order chi connectivity index (χ1) is 6.77. The summed E-state index contributed by atoms with van der Waals surface area (Å²) in [6.45, 7) is 1.57. The van der Waals surface area contributed by atoms with Crippen LogP contribution in [-0.4, -0.2) is 40.9 Å². The maximum Gasteiger partial charge on any atom is 0.288 e. The summed E-state index contributed by atoms with van der Waals surface area (Å²) < 4.78 is 0. The number of hydrogen-bond donors (Lipinski definition) is 1. The van der Waals surface area contributed by atoms with Crippen LogP contribution in [0.2, 0.25) is 0 Å². The molecule has 0 spiro atoms. The van der Waals surface area contributed by atoms with Crippen LogP contribution in [0.5, 0.6) is 0 Å². The summed E-state index contributed by atoms with van der Waals surface area (Å²) >= 11 is 1.11. The number of piperidine rings is 1. The van der Waals surface area contributed by atoms with Crippen LogP contribution in [0.4, 0.5) is 4.79 Å². The first kappa shape index (κ1) is 9.98. The fourth-order valence-corrected chi connectivity index (χ4v) is 2.59. The lowest BCUT2D eigenvalue weighted by atomic mass is 10.0. The SMILES string of the molecule is O=C1CSC(=O)N1C[C@H]1CCCCN1. The molecule has 0 saturated carbocycles. The van der Waals surface area contributed by atoms with Crippen molar-refractivity contribution in [2.75, 3.05) is 18.8 Å². The lowest BCUT2D eigenvalue weighted by Gasteiger charge is -2.26. The van der Waals surface area contributed by atoms with Crippen molar-refractivity contribution in [1.82, 2.24) is 10.2 Å². The van der Waals surface area contributed by atoms with Gasteiger partial charge < -0.3 is 5.32 Å². The molecule has 2 amide bonds. The topological polar surface area (TPSA) is 49.4 Å². The molecule has 78 valence electrons. The molecule has 0 aromatic heterocycles.